The van der Waals surface area contributed by atoms with Gasteiger partial charge in [-0.2, -0.15) is 0 Å². The van der Waals surface area contributed by atoms with Crippen LogP contribution in [-0.2, 0) is 17.7 Å². The second kappa shape index (κ2) is 12.4. The minimum Gasteiger partial charge on any atom is -0.373 e. The van der Waals surface area contributed by atoms with Gasteiger partial charge in [0.2, 0.25) is 0 Å². The highest BCUT2D eigenvalue weighted by Crippen LogP contribution is 2.10. The summed E-state index contributed by atoms with van der Waals surface area (Å²) in [5.74, 6) is 1.86. The van der Waals surface area contributed by atoms with Crippen LogP contribution in [0, 0.1) is 0 Å². The number of nitrogens with one attached hydrogen (secondary N) is 2. The number of hydrogen-bond donors (Lipinski definition) is 2. The van der Waals surface area contributed by atoms with E-state index < -0.39 is 0 Å². The van der Waals surface area contributed by atoms with E-state index >= 15 is 0 Å². The van der Waals surface area contributed by atoms with Crippen LogP contribution in [0.1, 0.15) is 33.0 Å². The molecule has 0 bridgehead atoms. The molecule has 9 heteroatoms. The molecule has 2 atom stereocenters. The fourth-order valence-corrected chi connectivity index (χ4v) is 3.23. The van der Waals surface area contributed by atoms with E-state index in [1.807, 2.05) is 0 Å². The molecule has 1 aromatic rings. The van der Waals surface area contributed by atoms with E-state index in [-0.39, 0.29) is 24.0 Å². The Kier molecular flexibility index (Phi) is 11.1. The van der Waals surface area contributed by atoms with Crippen molar-refractivity contribution in [2.45, 2.75) is 52.4 Å². The van der Waals surface area contributed by atoms with Gasteiger partial charge in [-0.1, -0.05) is 6.92 Å². The molecule has 0 radical (unpaired) electrons. The van der Waals surface area contributed by atoms with E-state index in [1.54, 1.807) is 13.4 Å². The van der Waals surface area contributed by atoms with E-state index in [0.29, 0.717) is 12.2 Å². The van der Waals surface area contributed by atoms with Gasteiger partial charge in [-0.15, -0.1) is 34.2 Å². The number of hydrogen-bond acceptors (Lipinski definition) is 5. The summed E-state index contributed by atoms with van der Waals surface area (Å²) in [6.45, 7) is 12.0. The van der Waals surface area contributed by atoms with Gasteiger partial charge in [-0.25, -0.2) is 0 Å². The molecule has 26 heavy (non-hydrogen) atoms. The zero-order valence-electron chi connectivity index (χ0n) is 16.4. The average molecular weight is 479 g/mol. The van der Waals surface area contributed by atoms with Crippen LogP contribution in [0.5, 0.6) is 0 Å². The zero-order valence-corrected chi connectivity index (χ0v) is 18.8. The normalized spacial score (nSPS) is 21.3. The molecule has 8 nitrogen and oxygen atoms in total. The fraction of sp³-hybridized carbons (Fsp3) is 0.824. The summed E-state index contributed by atoms with van der Waals surface area (Å²) in [6.07, 6.45) is 4.42. The molecule has 0 aromatic carbocycles. The molecule has 2 unspecified atom stereocenters. The first-order chi connectivity index (χ1) is 12.1. The van der Waals surface area contributed by atoms with Gasteiger partial charge in [-0.05, 0) is 20.3 Å². The third kappa shape index (κ3) is 7.75. The van der Waals surface area contributed by atoms with Crippen molar-refractivity contribution < 1.29 is 4.74 Å². The molecule has 1 fully saturated rings. The zero-order chi connectivity index (χ0) is 18.1. The Morgan fingerprint density at radius 3 is 2.58 bits per heavy atom. The molecular weight excluding hydrogens is 445 g/mol. The minimum atomic E-state index is 0. The van der Waals surface area contributed by atoms with Crippen LogP contribution in [0.15, 0.2) is 11.3 Å². The topological polar surface area (TPSA) is 79.6 Å². The van der Waals surface area contributed by atoms with Crippen LogP contribution < -0.4 is 10.6 Å². The summed E-state index contributed by atoms with van der Waals surface area (Å²) >= 11 is 0. The number of guanidine groups is 1. The maximum atomic E-state index is 5.77. The summed E-state index contributed by atoms with van der Waals surface area (Å²) in [5, 5.41) is 14.8. The number of rotatable bonds is 8. The number of aliphatic imine (C=N–C) groups is 1. The van der Waals surface area contributed by atoms with Crippen molar-refractivity contribution in [3.8, 4) is 0 Å². The van der Waals surface area contributed by atoms with Crippen molar-refractivity contribution in [2.75, 3.05) is 39.8 Å². The van der Waals surface area contributed by atoms with E-state index in [9.17, 15) is 0 Å². The van der Waals surface area contributed by atoms with Gasteiger partial charge >= 0.3 is 0 Å². The molecule has 1 aliphatic rings. The van der Waals surface area contributed by atoms with Crippen molar-refractivity contribution in [1.29, 1.82) is 0 Å². The molecule has 2 rings (SSSR count). The van der Waals surface area contributed by atoms with Crippen molar-refractivity contribution in [3.63, 3.8) is 0 Å². The predicted octanol–water partition coefficient (Wildman–Crippen LogP) is 1.12. The lowest BCUT2D eigenvalue weighted by molar-refractivity contribution is -0.0679. The fourth-order valence-electron chi connectivity index (χ4n) is 3.23. The third-order valence-electron chi connectivity index (χ3n) is 4.32. The Balaban J connectivity index is 0.00000338. The van der Waals surface area contributed by atoms with E-state index in [2.05, 4.69) is 56.1 Å². The van der Waals surface area contributed by atoms with Crippen molar-refractivity contribution in [1.82, 2.24) is 30.3 Å². The van der Waals surface area contributed by atoms with Crippen LogP contribution in [0.4, 0.5) is 0 Å². The molecule has 2 heterocycles. The number of morpholine rings is 1. The van der Waals surface area contributed by atoms with E-state index in [0.717, 1.165) is 63.9 Å². The van der Waals surface area contributed by atoms with Crippen LogP contribution in [0.3, 0.4) is 0 Å². The molecule has 2 N–H and O–H groups in total. The van der Waals surface area contributed by atoms with E-state index in [1.165, 1.54) is 0 Å². The molecule has 1 aromatic heterocycles. The highest BCUT2D eigenvalue weighted by Gasteiger charge is 2.21. The van der Waals surface area contributed by atoms with Crippen molar-refractivity contribution in [2.24, 2.45) is 4.99 Å². The third-order valence-corrected chi connectivity index (χ3v) is 4.32. The number of nitrogens with zero attached hydrogens (tertiary/aromatic N) is 5. The van der Waals surface area contributed by atoms with Gasteiger partial charge in [0.15, 0.2) is 5.96 Å². The predicted molar refractivity (Wildman–Crippen MR) is 115 cm³/mol. The smallest absolute Gasteiger partial charge is 0.191 e. The Hall–Kier alpha value is -0.940. The van der Waals surface area contributed by atoms with E-state index in [4.69, 9.17) is 4.74 Å². The van der Waals surface area contributed by atoms with Gasteiger partial charge in [0.25, 0.3) is 0 Å². The largest absolute Gasteiger partial charge is 0.373 e. The molecule has 0 saturated carbocycles. The molecule has 1 aliphatic heterocycles. The maximum Gasteiger partial charge on any atom is 0.191 e. The maximum absolute atomic E-state index is 5.77. The SMILES string of the molecule is CCc1nncn1CCNC(=NC)NCCCN1CC(C)OC(C)C1.I. The van der Waals surface area contributed by atoms with Gasteiger partial charge in [-0.3, -0.25) is 9.89 Å². The Bertz CT molecular complexity index is 527. The number of halogens is 1. The monoisotopic (exact) mass is 479 g/mol. The lowest BCUT2D eigenvalue weighted by atomic mass is 10.2. The minimum absolute atomic E-state index is 0. The number of ether oxygens (including phenoxy) is 1. The number of aromatic nitrogens is 3. The van der Waals surface area contributed by atoms with Gasteiger partial charge < -0.3 is 19.9 Å². The van der Waals surface area contributed by atoms with Crippen LogP contribution in [0.25, 0.3) is 0 Å². The summed E-state index contributed by atoms with van der Waals surface area (Å²) < 4.78 is 7.84. The Morgan fingerprint density at radius 2 is 1.92 bits per heavy atom. The summed E-state index contributed by atoms with van der Waals surface area (Å²) in [6, 6.07) is 0. The first-order valence-corrected chi connectivity index (χ1v) is 9.31. The van der Waals surface area contributed by atoms with Crippen LogP contribution in [0.2, 0.25) is 0 Å². The quantitative estimate of drug-likeness (QED) is 0.252. The lowest BCUT2D eigenvalue weighted by Crippen LogP contribution is -2.46. The summed E-state index contributed by atoms with van der Waals surface area (Å²) in [4.78, 5) is 6.76. The summed E-state index contributed by atoms with van der Waals surface area (Å²) in [7, 11) is 1.80. The molecule has 150 valence electrons. The van der Waals surface area contributed by atoms with Crippen molar-refractivity contribution >= 4 is 29.9 Å². The number of aryl methyl sites for hydroxylation is 1. The highest BCUT2D eigenvalue weighted by atomic mass is 127. The standard InChI is InChI=1S/C17H33N7O.HI/c1-5-16-22-21-13-24(16)10-8-20-17(18-4)19-7-6-9-23-11-14(2)25-15(3)12-23;/h13-15H,5-12H2,1-4H3,(H2,18,19,20);1H. The van der Waals surface area contributed by atoms with Gasteiger partial charge in [0, 0.05) is 52.7 Å². The van der Waals surface area contributed by atoms with Crippen LogP contribution >= 0.6 is 24.0 Å². The molecular formula is C17H34IN7O. The average Bonchev–Trinajstić information content (AvgIpc) is 3.03. The molecule has 1 saturated heterocycles. The summed E-state index contributed by atoms with van der Waals surface area (Å²) in [5.41, 5.74) is 0. The second-order valence-corrected chi connectivity index (χ2v) is 6.59. The highest BCUT2D eigenvalue weighted by molar-refractivity contribution is 14.0. The van der Waals surface area contributed by atoms with Crippen LogP contribution in [-0.4, -0.2) is 77.6 Å². The second-order valence-electron chi connectivity index (χ2n) is 6.59. The van der Waals surface area contributed by atoms with Gasteiger partial charge in [0.05, 0.1) is 12.2 Å². The molecule has 0 amide bonds. The lowest BCUT2D eigenvalue weighted by Gasteiger charge is -2.35. The molecule has 0 aliphatic carbocycles. The Morgan fingerprint density at radius 1 is 1.23 bits per heavy atom. The Labute approximate surface area is 174 Å². The molecule has 0 spiro atoms. The van der Waals surface area contributed by atoms with Crippen molar-refractivity contribution in [3.05, 3.63) is 12.2 Å². The first kappa shape index (κ1) is 23.1. The van der Waals surface area contributed by atoms with Gasteiger partial charge in [0.1, 0.15) is 12.2 Å². The first-order valence-electron chi connectivity index (χ1n) is 9.31.